The van der Waals surface area contributed by atoms with Gasteiger partial charge >= 0.3 is 0 Å². The highest BCUT2D eigenvalue weighted by atomic mass is 16.5. The predicted octanol–water partition coefficient (Wildman–Crippen LogP) is -1.30. The fourth-order valence-corrected chi connectivity index (χ4v) is 1.28. The molecule has 0 aromatic carbocycles. The number of aromatic nitrogens is 3. The maximum atomic E-state index is 5.44. The van der Waals surface area contributed by atoms with Gasteiger partial charge in [-0.3, -0.25) is 5.43 Å². The van der Waals surface area contributed by atoms with E-state index < -0.39 is 0 Å². The number of hydrogen-bond donors (Lipinski definition) is 3. The number of nitrogens with two attached hydrogens (primary N) is 2. The Labute approximate surface area is 86.6 Å². The van der Waals surface area contributed by atoms with Gasteiger partial charge in [0, 0.05) is 13.1 Å². The summed E-state index contributed by atoms with van der Waals surface area (Å²) in [6.07, 6.45) is 0. The Kier molecular flexibility index (Phi) is 2.79. The van der Waals surface area contributed by atoms with Crippen molar-refractivity contribution in [3.05, 3.63) is 0 Å². The first-order valence-corrected chi connectivity index (χ1v) is 4.60. The van der Waals surface area contributed by atoms with Crippen molar-refractivity contribution in [1.29, 1.82) is 0 Å². The quantitative estimate of drug-likeness (QED) is 0.552. The van der Waals surface area contributed by atoms with Crippen molar-refractivity contribution in [2.24, 2.45) is 0 Å². The van der Waals surface area contributed by atoms with Gasteiger partial charge in [-0.2, -0.15) is 15.0 Å². The van der Waals surface area contributed by atoms with E-state index in [2.05, 4.69) is 20.4 Å². The van der Waals surface area contributed by atoms with E-state index in [1.165, 1.54) is 0 Å². The molecule has 8 heteroatoms. The molecule has 5 N–H and O–H groups in total. The highest BCUT2D eigenvalue weighted by Crippen LogP contribution is 2.05. The summed E-state index contributed by atoms with van der Waals surface area (Å²) in [5.74, 6) is 0.582. The van der Waals surface area contributed by atoms with E-state index in [1.54, 1.807) is 0 Å². The van der Waals surface area contributed by atoms with Crippen LogP contribution in [-0.2, 0) is 4.74 Å². The minimum atomic E-state index is 0.109. The van der Waals surface area contributed by atoms with E-state index in [9.17, 15) is 0 Å². The molecule has 0 radical (unpaired) electrons. The molecule has 0 aliphatic carbocycles. The van der Waals surface area contributed by atoms with Gasteiger partial charge in [0.15, 0.2) is 0 Å². The zero-order valence-electron chi connectivity index (χ0n) is 8.18. The van der Waals surface area contributed by atoms with Crippen molar-refractivity contribution in [2.45, 2.75) is 0 Å². The third-order valence-electron chi connectivity index (χ3n) is 1.94. The average Bonchev–Trinajstić information content (AvgIpc) is 2.17. The average molecular weight is 211 g/mol. The van der Waals surface area contributed by atoms with Crippen LogP contribution in [0.25, 0.3) is 0 Å². The van der Waals surface area contributed by atoms with Gasteiger partial charge in [-0.05, 0) is 0 Å². The van der Waals surface area contributed by atoms with Crippen LogP contribution in [-0.4, -0.2) is 46.3 Å². The lowest BCUT2D eigenvalue weighted by atomic mass is 10.5. The summed E-state index contributed by atoms with van der Waals surface area (Å²) in [4.78, 5) is 11.5. The van der Waals surface area contributed by atoms with Gasteiger partial charge in [-0.15, -0.1) is 0 Å². The summed E-state index contributed by atoms with van der Waals surface area (Å²) in [5.41, 5.74) is 13.9. The number of morpholine rings is 1. The number of nitrogens with zero attached hydrogens (tertiary/aromatic N) is 4. The van der Waals surface area contributed by atoms with Crippen LogP contribution in [0.1, 0.15) is 0 Å². The highest BCUT2D eigenvalue weighted by molar-refractivity contribution is 5.36. The first kappa shape index (κ1) is 9.87. The van der Waals surface area contributed by atoms with E-state index in [-0.39, 0.29) is 11.9 Å². The van der Waals surface area contributed by atoms with Gasteiger partial charge in [0.05, 0.1) is 13.2 Å². The molecule has 1 saturated heterocycles. The molecule has 0 saturated carbocycles. The second-order valence-electron chi connectivity index (χ2n) is 3.09. The largest absolute Gasteiger partial charge is 0.379 e. The van der Waals surface area contributed by atoms with Gasteiger partial charge in [-0.1, -0.05) is 0 Å². The number of nitrogens with one attached hydrogen (secondary N) is 1. The number of hydrogen-bond acceptors (Lipinski definition) is 8. The second-order valence-corrected chi connectivity index (χ2v) is 3.09. The van der Waals surface area contributed by atoms with Gasteiger partial charge in [0.25, 0.3) is 0 Å². The smallest absolute Gasteiger partial charge is 0.244 e. The first-order valence-electron chi connectivity index (χ1n) is 4.60. The fourth-order valence-electron chi connectivity index (χ4n) is 1.28. The SMILES string of the molecule is Nc1nc(N)nc(NN2CCOCC2)n1. The Hall–Kier alpha value is -1.67. The van der Waals surface area contributed by atoms with Gasteiger partial charge in [0.2, 0.25) is 17.8 Å². The molecule has 1 fully saturated rings. The molecule has 1 aliphatic heterocycles. The molecule has 2 heterocycles. The van der Waals surface area contributed by atoms with Crippen LogP contribution in [0.15, 0.2) is 0 Å². The third-order valence-corrected chi connectivity index (χ3v) is 1.94. The molecule has 15 heavy (non-hydrogen) atoms. The van der Waals surface area contributed by atoms with Gasteiger partial charge < -0.3 is 16.2 Å². The lowest BCUT2D eigenvalue weighted by Gasteiger charge is -2.26. The van der Waals surface area contributed by atoms with Crippen LogP contribution in [0.2, 0.25) is 0 Å². The summed E-state index contributed by atoms with van der Waals surface area (Å²) in [5, 5.41) is 1.94. The lowest BCUT2D eigenvalue weighted by Crippen LogP contribution is -2.40. The van der Waals surface area contributed by atoms with Crippen LogP contribution < -0.4 is 16.9 Å². The molecule has 0 spiro atoms. The van der Waals surface area contributed by atoms with Crippen LogP contribution in [0.3, 0.4) is 0 Å². The Morgan fingerprint density at radius 1 is 1.07 bits per heavy atom. The summed E-state index contributed by atoms with van der Waals surface area (Å²) in [7, 11) is 0. The monoisotopic (exact) mass is 211 g/mol. The molecule has 8 nitrogen and oxygen atoms in total. The van der Waals surface area contributed by atoms with E-state index in [1.807, 2.05) is 5.01 Å². The molecule has 0 amide bonds. The van der Waals surface area contributed by atoms with Gasteiger partial charge in [-0.25, -0.2) is 5.01 Å². The number of anilines is 3. The topological polar surface area (TPSA) is 115 Å². The zero-order chi connectivity index (χ0) is 10.7. The Bertz CT molecular complexity index is 318. The van der Waals surface area contributed by atoms with Crippen molar-refractivity contribution in [2.75, 3.05) is 43.2 Å². The maximum Gasteiger partial charge on any atom is 0.244 e. The zero-order valence-corrected chi connectivity index (χ0v) is 8.18. The van der Waals surface area contributed by atoms with Crippen LogP contribution in [0.4, 0.5) is 17.8 Å². The summed E-state index contributed by atoms with van der Waals surface area (Å²) < 4.78 is 5.20. The molecular weight excluding hydrogens is 198 g/mol. The molecule has 1 aliphatic rings. The van der Waals surface area contributed by atoms with Crippen LogP contribution >= 0.6 is 0 Å². The molecule has 82 valence electrons. The van der Waals surface area contributed by atoms with Crippen LogP contribution in [0, 0.1) is 0 Å². The fraction of sp³-hybridized carbons (Fsp3) is 0.571. The van der Waals surface area contributed by atoms with E-state index in [0.29, 0.717) is 19.2 Å². The molecular formula is C7H13N7O. The minimum Gasteiger partial charge on any atom is -0.379 e. The van der Waals surface area contributed by atoms with Crippen LogP contribution in [0.5, 0.6) is 0 Å². The Morgan fingerprint density at radius 3 is 2.27 bits per heavy atom. The standard InChI is InChI=1S/C7H13N7O/c8-5-10-6(9)12-7(11-5)13-14-1-3-15-4-2-14/h1-4H2,(H5,8,9,10,11,12,13). The van der Waals surface area contributed by atoms with Crippen molar-refractivity contribution >= 4 is 17.8 Å². The number of rotatable bonds is 2. The lowest BCUT2D eigenvalue weighted by molar-refractivity contribution is 0.0493. The minimum absolute atomic E-state index is 0.109. The van der Waals surface area contributed by atoms with Crippen molar-refractivity contribution < 1.29 is 4.74 Å². The van der Waals surface area contributed by atoms with Gasteiger partial charge in [0.1, 0.15) is 0 Å². The van der Waals surface area contributed by atoms with E-state index in [0.717, 1.165) is 13.1 Å². The second kappa shape index (κ2) is 4.24. The molecule has 0 bridgehead atoms. The third kappa shape index (κ3) is 2.64. The maximum absolute atomic E-state index is 5.44. The molecule has 0 unspecified atom stereocenters. The number of nitrogen functional groups attached to an aromatic ring is 2. The van der Waals surface area contributed by atoms with Crippen molar-refractivity contribution in [3.8, 4) is 0 Å². The molecule has 1 aromatic rings. The number of hydrazine groups is 1. The van der Waals surface area contributed by atoms with E-state index in [4.69, 9.17) is 16.2 Å². The molecule has 0 atom stereocenters. The molecule has 1 aromatic heterocycles. The highest BCUT2D eigenvalue weighted by Gasteiger charge is 2.11. The Balaban J connectivity index is 2.02. The number of ether oxygens (including phenoxy) is 1. The van der Waals surface area contributed by atoms with Crippen molar-refractivity contribution in [1.82, 2.24) is 20.0 Å². The summed E-state index contributed by atoms with van der Waals surface area (Å²) in [6.45, 7) is 2.91. The normalized spacial score (nSPS) is 17.6. The Morgan fingerprint density at radius 2 is 1.67 bits per heavy atom. The summed E-state index contributed by atoms with van der Waals surface area (Å²) >= 11 is 0. The first-order chi connectivity index (χ1) is 7.24. The predicted molar refractivity (Wildman–Crippen MR) is 54.7 cm³/mol. The molecule has 2 rings (SSSR count). The van der Waals surface area contributed by atoms with Crippen molar-refractivity contribution in [3.63, 3.8) is 0 Å². The summed E-state index contributed by atoms with van der Waals surface area (Å²) in [6, 6.07) is 0. The van der Waals surface area contributed by atoms with E-state index >= 15 is 0 Å².